The normalized spacial score (nSPS) is 18.9. The Kier molecular flexibility index (Phi) is 4.57. The predicted molar refractivity (Wildman–Crippen MR) is 73.8 cm³/mol. The molecule has 0 bridgehead atoms. The number of benzene rings is 1. The first-order chi connectivity index (χ1) is 9.54. The minimum Gasteiger partial charge on any atom is -0.396 e. The summed E-state index contributed by atoms with van der Waals surface area (Å²) < 4.78 is 0. The number of rotatable bonds is 3. The predicted octanol–water partition coefficient (Wildman–Crippen LogP) is 2.09. The molecule has 2 rings (SSSR count). The van der Waals surface area contributed by atoms with Gasteiger partial charge >= 0.3 is 0 Å². The molecule has 108 valence electrons. The van der Waals surface area contributed by atoms with Crippen LogP contribution in [0.25, 0.3) is 0 Å². The molecule has 0 spiro atoms. The summed E-state index contributed by atoms with van der Waals surface area (Å²) in [6.45, 7) is 1.06. The van der Waals surface area contributed by atoms with Gasteiger partial charge in [0, 0.05) is 25.8 Å². The molecule has 1 fully saturated rings. The van der Waals surface area contributed by atoms with Gasteiger partial charge in [-0.05, 0) is 24.8 Å². The van der Waals surface area contributed by atoms with Gasteiger partial charge in [-0.2, -0.15) is 0 Å². The van der Waals surface area contributed by atoms with Gasteiger partial charge in [-0.15, -0.1) is 0 Å². The first kappa shape index (κ1) is 14.7. The van der Waals surface area contributed by atoms with Gasteiger partial charge in [0.1, 0.15) is 5.02 Å². The average molecular weight is 299 g/mol. The number of likely N-dealkylation sites (tertiary alicyclic amines) is 1. The number of carbonyl (C=O) groups is 1. The quantitative estimate of drug-likeness (QED) is 0.684. The van der Waals surface area contributed by atoms with Gasteiger partial charge < -0.3 is 10.0 Å². The Morgan fingerprint density at radius 3 is 2.95 bits per heavy atom. The van der Waals surface area contributed by atoms with Crippen LogP contribution < -0.4 is 0 Å². The zero-order valence-electron chi connectivity index (χ0n) is 10.8. The molecule has 1 aromatic rings. The highest BCUT2D eigenvalue weighted by Crippen LogP contribution is 2.29. The Balaban J connectivity index is 2.25. The van der Waals surface area contributed by atoms with Crippen molar-refractivity contribution in [3.63, 3.8) is 0 Å². The number of nitrogens with zero attached hydrogens (tertiary/aromatic N) is 2. The lowest BCUT2D eigenvalue weighted by molar-refractivity contribution is -0.384. The second-order valence-electron chi connectivity index (χ2n) is 4.84. The zero-order valence-corrected chi connectivity index (χ0v) is 11.5. The molecule has 7 heteroatoms. The van der Waals surface area contributed by atoms with E-state index in [4.69, 9.17) is 11.6 Å². The largest absolute Gasteiger partial charge is 0.396 e. The highest BCUT2D eigenvalue weighted by molar-refractivity contribution is 6.35. The monoisotopic (exact) mass is 298 g/mol. The fourth-order valence-electron chi connectivity index (χ4n) is 2.39. The standard InChI is InChI=1S/C13H15ClN2O4/c14-12-10(4-1-5-11(12)16(19)20)13(18)15-6-2-3-9(7-15)8-17/h1,4-5,9,17H,2-3,6-8H2. The van der Waals surface area contributed by atoms with Gasteiger partial charge in [0.2, 0.25) is 0 Å². The molecule has 1 atom stereocenters. The smallest absolute Gasteiger partial charge is 0.288 e. The van der Waals surface area contributed by atoms with Crippen molar-refractivity contribution < 1.29 is 14.8 Å². The van der Waals surface area contributed by atoms with E-state index in [9.17, 15) is 20.0 Å². The van der Waals surface area contributed by atoms with Crippen LogP contribution >= 0.6 is 11.6 Å². The van der Waals surface area contributed by atoms with Crippen LogP contribution in [0.3, 0.4) is 0 Å². The third-order valence-electron chi connectivity index (χ3n) is 3.47. The van der Waals surface area contributed by atoms with Gasteiger partial charge in [-0.1, -0.05) is 17.7 Å². The van der Waals surface area contributed by atoms with Crippen LogP contribution in [0.4, 0.5) is 5.69 Å². The van der Waals surface area contributed by atoms with E-state index < -0.39 is 4.92 Å². The Morgan fingerprint density at radius 1 is 1.55 bits per heavy atom. The number of nitro groups is 1. The van der Waals surface area contributed by atoms with E-state index in [-0.39, 0.29) is 34.7 Å². The fraction of sp³-hybridized carbons (Fsp3) is 0.462. The second-order valence-corrected chi connectivity index (χ2v) is 5.22. The minimum atomic E-state index is -0.605. The summed E-state index contributed by atoms with van der Waals surface area (Å²) in [5, 5.41) is 19.9. The molecule has 1 N–H and O–H groups in total. The Bertz CT molecular complexity index is 535. The van der Waals surface area contributed by atoms with Crippen LogP contribution in [-0.2, 0) is 0 Å². The summed E-state index contributed by atoms with van der Waals surface area (Å²) in [7, 11) is 0. The van der Waals surface area contributed by atoms with Crippen molar-refractivity contribution in [1.82, 2.24) is 4.90 Å². The molecule has 0 saturated carbocycles. The molecule has 1 unspecified atom stereocenters. The first-order valence-corrected chi connectivity index (χ1v) is 6.75. The van der Waals surface area contributed by atoms with Gasteiger partial charge in [0.15, 0.2) is 0 Å². The number of nitro benzene ring substituents is 1. The number of aliphatic hydroxyl groups is 1. The molecule has 1 aliphatic heterocycles. The van der Waals surface area contributed by atoms with Crippen LogP contribution in [0.5, 0.6) is 0 Å². The summed E-state index contributed by atoms with van der Waals surface area (Å²) in [6.07, 6.45) is 1.69. The third kappa shape index (κ3) is 2.91. The highest BCUT2D eigenvalue weighted by atomic mass is 35.5. The lowest BCUT2D eigenvalue weighted by Gasteiger charge is -2.32. The highest BCUT2D eigenvalue weighted by Gasteiger charge is 2.27. The number of piperidine rings is 1. The first-order valence-electron chi connectivity index (χ1n) is 6.37. The molecule has 20 heavy (non-hydrogen) atoms. The van der Waals surface area contributed by atoms with Crippen LogP contribution in [0.15, 0.2) is 18.2 Å². The number of hydrogen-bond acceptors (Lipinski definition) is 4. The minimum absolute atomic E-state index is 0.0342. The fourth-order valence-corrected chi connectivity index (χ4v) is 2.67. The molecule has 1 heterocycles. The maximum Gasteiger partial charge on any atom is 0.288 e. The van der Waals surface area contributed by atoms with E-state index in [1.807, 2.05) is 0 Å². The van der Waals surface area contributed by atoms with Crippen molar-refractivity contribution in [3.05, 3.63) is 38.9 Å². The van der Waals surface area contributed by atoms with E-state index in [1.165, 1.54) is 18.2 Å². The van der Waals surface area contributed by atoms with Crippen LogP contribution in [0.2, 0.25) is 5.02 Å². The van der Waals surface area contributed by atoms with Gasteiger partial charge in [0.05, 0.1) is 10.5 Å². The van der Waals surface area contributed by atoms with E-state index in [2.05, 4.69) is 0 Å². The van der Waals surface area contributed by atoms with E-state index in [0.29, 0.717) is 13.1 Å². The maximum absolute atomic E-state index is 12.4. The summed E-state index contributed by atoms with van der Waals surface area (Å²) in [5.41, 5.74) is -0.132. The van der Waals surface area contributed by atoms with Gasteiger partial charge in [-0.3, -0.25) is 14.9 Å². The number of hydrogen-bond donors (Lipinski definition) is 1. The van der Waals surface area contributed by atoms with Gasteiger partial charge in [-0.25, -0.2) is 0 Å². The number of amides is 1. The van der Waals surface area contributed by atoms with Crippen molar-refractivity contribution in [2.75, 3.05) is 19.7 Å². The Morgan fingerprint density at radius 2 is 2.30 bits per heavy atom. The molecule has 1 amide bonds. The molecule has 0 aliphatic carbocycles. The summed E-state index contributed by atoms with van der Waals surface area (Å²) >= 11 is 5.95. The van der Waals surface area contributed by atoms with Crippen LogP contribution in [0, 0.1) is 16.0 Å². The molecule has 1 aliphatic rings. The van der Waals surface area contributed by atoms with Crippen LogP contribution in [-0.4, -0.2) is 40.5 Å². The van der Waals surface area contributed by atoms with E-state index in [0.717, 1.165) is 12.8 Å². The maximum atomic E-state index is 12.4. The summed E-state index contributed by atoms with van der Waals surface area (Å²) in [4.78, 5) is 24.2. The van der Waals surface area contributed by atoms with E-state index >= 15 is 0 Å². The van der Waals surface area contributed by atoms with Crippen molar-refractivity contribution in [1.29, 1.82) is 0 Å². The molecular formula is C13H15ClN2O4. The SMILES string of the molecule is O=C(c1cccc([N+](=O)[O-])c1Cl)N1CCCC(CO)C1. The number of aliphatic hydroxyl groups excluding tert-OH is 1. The van der Waals surface area contributed by atoms with Crippen molar-refractivity contribution in [2.24, 2.45) is 5.92 Å². The topological polar surface area (TPSA) is 83.7 Å². The number of halogens is 1. The molecule has 1 saturated heterocycles. The zero-order chi connectivity index (χ0) is 14.7. The summed E-state index contributed by atoms with van der Waals surface area (Å²) in [6, 6.07) is 4.21. The molecular weight excluding hydrogens is 284 g/mol. The van der Waals surface area contributed by atoms with Crippen molar-refractivity contribution >= 4 is 23.2 Å². The lowest BCUT2D eigenvalue weighted by Crippen LogP contribution is -2.41. The Hall–Kier alpha value is -1.66. The van der Waals surface area contributed by atoms with E-state index in [1.54, 1.807) is 4.90 Å². The summed E-state index contributed by atoms with van der Waals surface area (Å²) in [5.74, 6) is -0.262. The molecule has 1 aromatic carbocycles. The average Bonchev–Trinajstić information content (AvgIpc) is 2.46. The molecule has 0 radical (unpaired) electrons. The number of carbonyl (C=O) groups excluding carboxylic acids is 1. The van der Waals surface area contributed by atoms with Crippen LogP contribution in [0.1, 0.15) is 23.2 Å². The Labute approximate surface area is 121 Å². The van der Waals surface area contributed by atoms with Gasteiger partial charge in [0.25, 0.3) is 11.6 Å². The lowest BCUT2D eigenvalue weighted by atomic mass is 9.98. The van der Waals surface area contributed by atoms with Crippen molar-refractivity contribution in [3.8, 4) is 0 Å². The van der Waals surface area contributed by atoms with Crippen molar-refractivity contribution in [2.45, 2.75) is 12.8 Å². The second kappa shape index (κ2) is 6.19. The molecule has 6 nitrogen and oxygen atoms in total. The third-order valence-corrected chi connectivity index (χ3v) is 3.87. The molecule has 0 aromatic heterocycles.